The van der Waals surface area contributed by atoms with Crippen LogP contribution >= 0.6 is 0 Å². The summed E-state index contributed by atoms with van der Waals surface area (Å²) in [6.45, 7) is 1.38. The summed E-state index contributed by atoms with van der Waals surface area (Å²) in [6, 6.07) is 5.21. The van der Waals surface area contributed by atoms with Gasteiger partial charge in [-0.2, -0.15) is 0 Å². The van der Waals surface area contributed by atoms with Crippen molar-refractivity contribution in [1.29, 1.82) is 0 Å². The standard InChI is InChI=1S/C26H40O6/c1-29-23-13-11-21(19-27)17-25(23)31-15-9-7-5-3-4-6-8-10-16-32-26-18-22(20-28)12-14-24(26)30-2/h11,13,17,19-20,22,24,26H,3-10,12,14-16,18H2,1-2H3. The third-order valence-electron chi connectivity index (χ3n) is 6.22. The Morgan fingerprint density at radius 1 is 0.844 bits per heavy atom. The van der Waals surface area contributed by atoms with E-state index in [2.05, 4.69) is 0 Å². The second kappa shape index (κ2) is 15.8. The number of methoxy groups -OCH3 is 2. The molecule has 0 aliphatic heterocycles. The summed E-state index contributed by atoms with van der Waals surface area (Å²) in [7, 11) is 3.33. The molecule has 6 heteroatoms. The molecule has 0 amide bonds. The minimum atomic E-state index is 0.0621. The van der Waals surface area contributed by atoms with Crippen LogP contribution in [0.2, 0.25) is 0 Å². The minimum Gasteiger partial charge on any atom is -0.493 e. The van der Waals surface area contributed by atoms with Crippen molar-refractivity contribution in [3.05, 3.63) is 23.8 Å². The molecule has 32 heavy (non-hydrogen) atoms. The lowest BCUT2D eigenvalue weighted by molar-refractivity contribution is -0.120. The van der Waals surface area contributed by atoms with Crippen LogP contribution in [0.1, 0.15) is 81.0 Å². The Hall–Kier alpha value is -1.92. The van der Waals surface area contributed by atoms with E-state index in [1.165, 1.54) is 32.1 Å². The fourth-order valence-electron chi connectivity index (χ4n) is 4.26. The number of benzene rings is 1. The smallest absolute Gasteiger partial charge is 0.161 e. The van der Waals surface area contributed by atoms with Crippen LogP contribution in [0.4, 0.5) is 0 Å². The van der Waals surface area contributed by atoms with Crippen LogP contribution in [0.3, 0.4) is 0 Å². The number of hydrogen-bond acceptors (Lipinski definition) is 6. The highest BCUT2D eigenvalue weighted by Gasteiger charge is 2.30. The van der Waals surface area contributed by atoms with Gasteiger partial charge in [0.05, 0.1) is 25.9 Å². The molecule has 1 aromatic carbocycles. The van der Waals surface area contributed by atoms with E-state index in [9.17, 15) is 9.59 Å². The summed E-state index contributed by atoms with van der Waals surface area (Å²) < 4.78 is 22.6. The first-order chi connectivity index (χ1) is 15.7. The largest absolute Gasteiger partial charge is 0.493 e. The molecule has 0 saturated heterocycles. The number of carbonyl (C=O) groups excluding carboxylic acids is 2. The Bertz CT molecular complexity index is 662. The van der Waals surface area contributed by atoms with E-state index in [0.29, 0.717) is 23.7 Å². The van der Waals surface area contributed by atoms with Crippen LogP contribution < -0.4 is 9.47 Å². The molecular weight excluding hydrogens is 408 g/mol. The topological polar surface area (TPSA) is 71.1 Å². The van der Waals surface area contributed by atoms with Crippen LogP contribution in [-0.2, 0) is 14.3 Å². The molecule has 1 aromatic rings. The van der Waals surface area contributed by atoms with Crippen molar-refractivity contribution in [3.8, 4) is 11.5 Å². The highest BCUT2D eigenvalue weighted by molar-refractivity contribution is 5.76. The number of aldehydes is 2. The molecule has 3 unspecified atom stereocenters. The molecule has 3 atom stereocenters. The molecule has 2 rings (SSSR count). The van der Waals surface area contributed by atoms with Gasteiger partial charge < -0.3 is 23.7 Å². The monoisotopic (exact) mass is 448 g/mol. The van der Waals surface area contributed by atoms with Crippen LogP contribution in [0.5, 0.6) is 11.5 Å². The van der Waals surface area contributed by atoms with E-state index >= 15 is 0 Å². The number of ether oxygens (including phenoxy) is 4. The number of rotatable bonds is 17. The van der Waals surface area contributed by atoms with E-state index in [-0.39, 0.29) is 18.1 Å². The molecule has 1 aliphatic rings. The molecule has 0 N–H and O–H groups in total. The normalized spacial score (nSPS) is 20.6. The van der Waals surface area contributed by atoms with E-state index < -0.39 is 0 Å². The number of hydrogen-bond donors (Lipinski definition) is 0. The lowest BCUT2D eigenvalue weighted by Crippen LogP contribution is -2.38. The first-order valence-corrected chi connectivity index (χ1v) is 12.1. The SMILES string of the molecule is COc1ccc(C=O)cc1OCCCCCCCCCCOC1CC(C=O)CCC1OC. The average Bonchev–Trinajstić information content (AvgIpc) is 2.84. The highest BCUT2D eigenvalue weighted by Crippen LogP contribution is 2.28. The predicted molar refractivity (Wildman–Crippen MR) is 125 cm³/mol. The van der Waals surface area contributed by atoms with Gasteiger partial charge in [-0.3, -0.25) is 4.79 Å². The molecule has 0 aromatic heterocycles. The molecule has 1 aliphatic carbocycles. The Morgan fingerprint density at radius 3 is 2.16 bits per heavy atom. The van der Waals surface area contributed by atoms with Gasteiger partial charge in [-0.15, -0.1) is 0 Å². The van der Waals surface area contributed by atoms with Crippen LogP contribution in [-0.4, -0.2) is 52.2 Å². The summed E-state index contributed by atoms with van der Waals surface area (Å²) in [5.41, 5.74) is 0.591. The third-order valence-corrected chi connectivity index (χ3v) is 6.22. The van der Waals surface area contributed by atoms with Gasteiger partial charge in [0.25, 0.3) is 0 Å². The number of unbranched alkanes of at least 4 members (excludes halogenated alkanes) is 7. The summed E-state index contributed by atoms with van der Waals surface area (Å²) in [6.07, 6.45) is 14.0. The van der Waals surface area contributed by atoms with Crippen molar-refractivity contribution >= 4 is 12.6 Å². The highest BCUT2D eigenvalue weighted by atomic mass is 16.5. The van der Waals surface area contributed by atoms with Crippen molar-refractivity contribution in [2.24, 2.45) is 5.92 Å². The van der Waals surface area contributed by atoms with Crippen molar-refractivity contribution in [3.63, 3.8) is 0 Å². The van der Waals surface area contributed by atoms with Gasteiger partial charge in [-0.25, -0.2) is 0 Å². The molecule has 1 fully saturated rings. The molecule has 0 bridgehead atoms. The summed E-state index contributed by atoms with van der Waals surface area (Å²) in [5.74, 6) is 1.41. The number of carbonyl (C=O) groups is 2. The van der Waals surface area contributed by atoms with Gasteiger partial charge in [0, 0.05) is 25.2 Å². The van der Waals surface area contributed by atoms with Crippen LogP contribution in [0, 0.1) is 5.92 Å². The molecule has 0 heterocycles. The quantitative estimate of drug-likeness (QED) is 0.234. The van der Waals surface area contributed by atoms with Crippen LogP contribution in [0.15, 0.2) is 18.2 Å². The van der Waals surface area contributed by atoms with Gasteiger partial charge in [-0.05, 0) is 50.3 Å². The van der Waals surface area contributed by atoms with Gasteiger partial charge >= 0.3 is 0 Å². The van der Waals surface area contributed by atoms with E-state index in [1.807, 2.05) is 0 Å². The molecule has 0 spiro atoms. The van der Waals surface area contributed by atoms with E-state index in [0.717, 1.165) is 57.7 Å². The zero-order valence-corrected chi connectivity index (χ0v) is 19.8. The second-order valence-corrected chi connectivity index (χ2v) is 8.60. The Kier molecular flexibility index (Phi) is 13.0. The van der Waals surface area contributed by atoms with Crippen molar-refractivity contribution in [2.45, 2.75) is 82.8 Å². The Morgan fingerprint density at radius 2 is 1.53 bits per heavy atom. The Labute approximate surface area is 193 Å². The fourth-order valence-corrected chi connectivity index (χ4v) is 4.26. The maximum absolute atomic E-state index is 11.1. The van der Waals surface area contributed by atoms with Gasteiger partial charge in [0.1, 0.15) is 12.6 Å². The maximum Gasteiger partial charge on any atom is 0.161 e. The molecule has 6 nitrogen and oxygen atoms in total. The van der Waals surface area contributed by atoms with Gasteiger partial charge in [0.2, 0.25) is 0 Å². The summed E-state index contributed by atoms with van der Waals surface area (Å²) in [4.78, 5) is 22.0. The molecular formula is C26H40O6. The maximum atomic E-state index is 11.1. The summed E-state index contributed by atoms with van der Waals surface area (Å²) in [5, 5.41) is 0. The second-order valence-electron chi connectivity index (χ2n) is 8.60. The lowest BCUT2D eigenvalue weighted by atomic mass is 9.86. The molecule has 1 saturated carbocycles. The van der Waals surface area contributed by atoms with E-state index in [4.69, 9.17) is 18.9 Å². The van der Waals surface area contributed by atoms with Crippen LogP contribution in [0.25, 0.3) is 0 Å². The third kappa shape index (κ3) is 9.29. The molecule has 0 radical (unpaired) electrons. The lowest BCUT2D eigenvalue weighted by Gasteiger charge is -2.33. The van der Waals surface area contributed by atoms with E-state index in [1.54, 1.807) is 32.4 Å². The first-order valence-electron chi connectivity index (χ1n) is 12.1. The Balaban J connectivity index is 1.45. The predicted octanol–water partition coefficient (Wildman–Crippen LogP) is 5.41. The summed E-state index contributed by atoms with van der Waals surface area (Å²) >= 11 is 0. The zero-order valence-electron chi connectivity index (χ0n) is 19.8. The molecule has 180 valence electrons. The fraction of sp³-hybridized carbons (Fsp3) is 0.692. The van der Waals surface area contributed by atoms with Crippen molar-refractivity contribution < 1.29 is 28.5 Å². The first kappa shape index (κ1) is 26.3. The van der Waals surface area contributed by atoms with Crippen molar-refractivity contribution in [1.82, 2.24) is 0 Å². The average molecular weight is 449 g/mol. The van der Waals surface area contributed by atoms with Crippen molar-refractivity contribution in [2.75, 3.05) is 27.4 Å². The van der Waals surface area contributed by atoms with Gasteiger partial charge in [0.15, 0.2) is 11.5 Å². The zero-order chi connectivity index (χ0) is 23.0. The minimum absolute atomic E-state index is 0.0621. The van der Waals surface area contributed by atoms with Gasteiger partial charge in [-0.1, -0.05) is 38.5 Å².